The monoisotopic (exact) mass is 248 g/mol. The van der Waals surface area contributed by atoms with Gasteiger partial charge in [-0.05, 0) is 44.7 Å². The normalized spacial score (nSPS) is 23.4. The Labute approximate surface area is 109 Å². The summed E-state index contributed by atoms with van der Waals surface area (Å²) < 4.78 is 2.36. The van der Waals surface area contributed by atoms with Gasteiger partial charge in [0.15, 0.2) is 0 Å². The first-order chi connectivity index (χ1) is 8.79. The van der Waals surface area contributed by atoms with E-state index in [0.29, 0.717) is 0 Å². The third kappa shape index (κ3) is 2.34. The predicted molar refractivity (Wildman–Crippen MR) is 72.6 cm³/mol. The maximum Gasteiger partial charge on any atom is 0.0807 e. The average Bonchev–Trinajstić information content (AvgIpc) is 3.12. The number of aliphatic hydroxyl groups excluding tert-OH is 1. The SMILES string of the molecule is CCN(CCn1ccc2c1CCCC2O)C1CC1. The van der Waals surface area contributed by atoms with Crippen LogP contribution in [-0.4, -0.2) is 33.7 Å². The third-order valence-electron chi connectivity index (χ3n) is 4.46. The maximum atomic E-state index is 9.97. The fourth-order valence-electron chi connectivity index (χ4n) is 3.22. The lowest BCUT2D eigenvalue weighted by atomic mass is 9.95. The van der Waals surface area contributed by atoms with Crippen molar-refractivity contribution in [2.45, 2.75) is 57.7 Å². The number of aromatic nitrogens is 1. The molecule has 1 aromatic heterocycles. The van der Waals surface area contributed by atoms with E-state index in [1.165, 1.54) is 24.1 Å². The van der Waals surface area contributed by atoms with E-state index in [1.807, 2.05) is 0 Å². The molecule has 2 aliphatic carbocycles. The zero-order chi connectivity index (χ0) is 12.5. The first-order valence-corrected chi connectivity index (χ1v) is 7.39. The number of fused-ring (bicyclic) bond motifs is 1. The highest BCUT2D eigenvalue weighted by atomic mass is 16.3. The lowest BCUT2D eigenvalue weighted by molar-refractivity contribution is 0.155. The number of aliphatic hydroxyl groups is 1. The van der Waals surface area contributed by atoms with Gasteiger partial charge in [0.05, 0.1) is 6.10 Å². The van der Waals surface area contributed by atoms with Crippen LogP contribution in [0.3, 0.4) is 0 Å². The molecule has 3 nitrogen and oxygen atoms in total. The maximum absolute atomic E-state index is 9.97. The van der Waals surface area contributed by atoms with Crippen LogP contribution in [0.4, 0.5) is 0 Å². The second-order valence-electron chi connectivity index (χ2n) is 5.68. The molecule has 0 spiro atoms. The second-order valence-corrected chi connectivity index (χ2v) is 5.68. The summed E-state index contributed by atoms with van der Waals surface area (Å²) in [5.41, 5.74) is 2.55. The molecule has 2 aliphatic rings. The molecular weight excluding hydrogens is 224 g/mol. The van der Waals surface area contributed by atoms with E-state index in [1.54, 1.807) is 0 Å². The summed E-state index contributed by atoms with van der Waals surface area (Å²) in [6, 6.07) is 2.97. The van der Waals surface area contributed by atoms with Crippen molar-refractivity contribution >= 4 is 0 Å². The zero-order valence-corrected chi connectivity index (χ0v) is 11.3. The van der Waals surface area contributed by atoms with Crippen LogP contribution < -0.4 is 0 Å². The van der Waals surface area contributed by atoms with Gasteiger partial charge in [-0.1, -0.05) is 6.92 Å². The van der Waals surface area contributed by atoms with Crippen LogP contribution in [0.1, 0.15) is 50.0 Å². The van der Waals surface area contributed by atoms with Gasteiger partial charge in [-0.2, -0.15) is 0 Å². The molecule has 1 saturated carbocycles. The fraction of sp³-hybridized carbons (Fsp3) is 0.733. The van der Waals surface area contributed by atoms with Crippen molar-refractivity contribution in [1.82, 2.24) is 9.47 Å². The number of nitrogens with zero attached hydrogens (tertiary/aromatic N) is 2. The Morgan fingerprint density at radius 1 is 1.39 bits per heavy atom. The summed E-state index contributed by atoms with van der Waals surface area (Å²) >= 11 is 0. The van der Waals surface area contributed by atoms with Crippen molar-refractivity contribution in [2.75, 3.05) is 13.1 Å². The van der Waals surface area contributed by atoms with Gasteiger partial charge in [-0.25, -0.2) is 0 Å². The minimum atomic E-state index is -0.222. The van der Waals surface area contributed by atoms with Gasteiger partial charge in [0, 0.05) is 36.6 Å². The van der Waals surface area contributed by atoms with Gasteiger partial charge in [-0.3, -0.25) is 4.90 Å². The molecule has 1 heterocycles. The second kappa shape index (κ2) is 5.06. The molecule has 18 heavy (non-hydrogen) atoms. The number of likely N-dealkylation sites (N-methyl/N-ethyl adjacent to an activating group) is 1. The Bertz CT molecular complexity index is 409. The summed E-state index contributed by atoms with van der Waals surface area (Å²) in [5, 5.41) is 9.97. The average molecular weight is 248 g/mol. The van der Waals surface area contributed by atoms with Crippen molar-refractivity contribution in [3.63, 3.8) is 0 Å². The third-order valence-corrected chi connectivity index (χ3v) is 4.46. The molecule has 1 atom stereocenters. The number of hydrogen-bond donors (Lipinski definition) is 1. The van der Waals surface area contributed by atoms with Crippen molar-refractivity contribution < 1.29 is 5.11 Å². The van der Waals surface area contributed by atoms with E-state index in [9.17, 15) is 5.11 Å². The minimum Gasteiger partial charge on any atom is -0.388 e. The van der Waals surface area contributed by atoms with Crippen molar-refractivity contribution in [3.8, 4) is 0 Å². The van der Waals surface area contributed by atoms with Gasteiger partial charge in [0.2, 0.25) is 0 Å². The van der Waals surface area contributed by atoms with Crippen LogP contribution in [0.15, 0.2) is 12.3 Å². The van der Waals surface area contributed by atoms with E-state index in [-0.39, 0.29) is 6.10 Å². The van der Waals surface area contributed by atoms with Crippen molar-refractivity contribution in [3.05, 3.63) is 23.5 Å². The molecule has 1 N–H and O–H groups in total. The Morgan fingerprint density at radius 2 is 2.22 bits per heavy atom. The molecule has 3 heteroatoms. The molecule has 0 radical (unpaired) electrons. The van der Waals surface area contributed by atoms with Crippen LogP contribution in [-0.2, 0) is 13.0 Å². The molecule has 0 amide bonds. The number of rotatable bonds is 5. The highest BCUT2D eigenvalue weighted by molar-refractivity contribution is 5.27. The molecule has 1 unspecified atom stereocenters. The summed E-state index contributed by atoms with van der Waals surface area (Å²) in [6.07, 6.45) is 7.90. The van der Waals surface area contributed by atoms with E-state index >= 15 is 0 Å². The molecule has 0 saturated heterocycles. The van der Waals surface area contributed by atoms with E-state index in [4.69, 9.17) is 0 Å². The highest BCUT2D eigenvalue weighted by Gasteiger charge is 2.27. The summed E-state index contributed by atoms with van der Waals surface area (Å²) in [5.74, 6) is 0. The molecule has 0 aliphatic heterocycles. The van der Waals surface area contributed by atoms with Gasteiger partial charge >= 0.3 is 0 Å². The first-order valence-electron chi connectivity index (χ1n) is 7.39. The lowest BCUT2D eigenvalue weighted by Gasteiger charge is -2.23. The molecule has 1 aromatic rings. The van der Waals surface area contributed by atoms with Crippen LogP contribution >= 0.6 is 0 Å². The molecule has 3 rings (SSSR count). The first kappa shape index (κ1) is 12.2. The largest absolute Gasteiger partial charge is 0.388 e. The fourth-order valence-corrected chi connectivity index (χ4v) is 3.22. The summed E-state index contributed by atoms with van der Waals surface area (Å²) in [7, 11) is 0. The van der Waals surface area contributed by atoms with Crippen molar-refractivity contribution in [1.29, 1.82) is 0 Å². The molecule has 1 fully saturated rings. The van der Waals surface area contributed by atoms with Crippen LogP contribution in [0.5, 0.6) is 0 Å². The lowest BCUT2D eigenvalue weighted by Crippen LogP contribution is -2.29. The van der Waals surface area contributed by atoms with Gasteiger partial charge < -0.3 is 9.67 Å². The van der Waals surface area contributed by atoms with Crippen molar-refractivity contribution in [2.24, 2.45) is 0 Å². The van der Waals surface area contributed by atoms with Gasteiger partial charge in [0.25, 0.3) is 0 Å². The van der Waals surface area contributed by atoms with E-state index < -0.39 is 0 Å². The Hall–Kier alpha value is -0.800. The molecular formula is C15H24N2O. The molecule has 0 aromatic carbocycles. The van der Waals surface area contributed by atoms with Crippen LogP contribution in [0.2, 0.25) is 0 Å². The molecule has 0 bridgehead atoms. The quantitative estimate of drug-likeness (QED) is 0.866. The standard InChI is InChI=1S/C15H24N2O/c1-2-16(12-6-7-12)10-11-17-9-8-13-14(17)4-3-5-15(13)18/h8-9,12,15,18H,2-7,10-11H2,1H3. The zero-order valence-electron chi connectivity index (χ0n) is 11.3. The van der Waals surface area contributed by atoms with Gasteiger partial charge in [0.1, 0.15) is 0 Å². The summed E-state index contributed by atoms with van der Waals surface area (Å²) in [4.78, 5) is 2.59. The predicted octanol–water partition coefficient (Wildman–Crippen LogP) is 2.34. The summed E-state index contributed by atoms with van der Waals surface area (Å²) in [6.45, 7) is 5.65. The van der Waals surface area contributed by atoms with Crippen LogP contribution in [0, 0.1) is 0 Å². The Morgan fingerprint density at radius 3 is 2.94 bits per heavy atom. The van der Waals surface area contributed by atoms with Gasteiger partial charge in [-0.15, -0.1) is 0 Å². The smallest absolute Gasteiger partial charge is 0.0807 e. The Balaban J connectivity index is 1.65. The highest BCUT2D eigenvalue weighted by Crippen LogP contribution is 2.31. The topological polar surface area (TPSA) is 28.4 Å². The Kier molecular flexibility index (Phi) is 3.44. The van der Waals surface area contributed by atoms with E-state index in [2.05, 4.69) is 28.7 Å². The molecule has 100 valence electrons. The minimum absolute atomic E-state index is 0.222. The van der Waals surface area contributed by atoms with E-state index in [0.717, 1.165) is 44.9 Å². The number of hydrogen-bond acceptors (Lipinski definition) is 2. The van der Waals surface area contributed by atoms with Crippen LogP contribution in [0.25, 0.3) is 0 Å².